The number of H-pyrrole nitrogens is 1. The first-order valence-corrected chi connectivity index (χ1v) is 7.30. The Bertz CT molecular complexity index is 651. The molecule has 1 aromatic carbocycles. The maximum Gasteiger partial charge on any atom is 0.272 e. The molecule has 1 atom stereocenters. The van der Waals surface area contributed by atoms with Crippen molar-refractivity contribution < 1.29 is 9.90 Å². The van der Waals surface area contributed by atoms with Gasteiger partial charge in [0.15, 0.2) is 5.69 Å². The van der Waals surface area contributed by atoms with Gasteiger partial charge in [0.25, 0.3) is 5.91 Å². The predicted octanol–water partition coefficient (Wildman–Crippen LogP) is 2.02. The van der Waals surface area contributed by atoms with Gasteiger partial charge in [-0.05, 0) is 37.0 Å². The number of aromatic amines is 1. The first-order chi connectivity index (χ1) is 10.2. The molecular formula is C15H16ClN3O2. The Morgan fingerprint density at radius 3 is 2.86 bits per heavy atom. The fourth-order valence-electron chi connectivity index (χ4n) is 2.66. The van der Waals surface area contributed by atoms with Crippen molar-refractivity contribution in [3.63, 3.8) is 0 Å². The zero-order valence-electron chi connectivity index (χ0n) is 11.4. The van der Waals surface area contributed by atoms with Crippen molar-refractivity contribution in [2.75, 3.05) is 6.61 Å². The predicted molar refractivity (Wildman–Crippen MR) is 79.4 cm³/mol. The Kier molecular flexibility index (Phi) is 3.94. The van der Waals surface area contributed by atoms with Crippen LogP contribution in [0.25, 0.3) is 0 Å². The van der Waals surface area contributed by atoms with Crippen LogP contribution in [0.3, 0.4) is 0 Å². The van der Waals surface area contributed by atoms with E-state index in [0.717, 1.165) is 36.1 Å². The van der Waals surface area contributed by atoms with Gasteiger partial charge in [-0.1, -0.05) is 23.7 Å². The second kappa shape index (κ2) is 5.87. The molecule has 1 heterocycles. The summed E-state index contributed by atoms with van der Waals surface area (Å²) < 4.78 is 0. The summed E-state index contributed by atoms with van der Waals surface area (Å²) in [6.45, 7) is -0.181. The molecule has 21 heavy (non-hydrogen) atoms. The molecule has 1 amide bonds. The molecule has 110 valence electrons. The highest BCUT2D eigenvalue weighted by Crippen LogP contribution is 2.23. The number of rotatable bonds is 4. The van der Waals surface area contributed by atoms with Gasteiger partial charge in [-0.3, -0.25) is 9.89 Å². The normalized spacial score (nSPS) is 14.8. The van der Waals surface area contributed by atoms with E-state index in [4.69, 9.17) is 11.6 Å². The van der Waals surface area contributed by atoms with E-state index in [1.807, 2.05) is 0 Å². The number of amides is 1. The van der Waals surface area contributed by atoms with E-state index in [0.29, 0.717) is 10.7 Å². The molecule has 1 aliphatic carbocycles. The number of nitrogens with one attached hydrogen (secondary N) is 2. The van der Waals surface area contributed by atoms with Crippen molar-refractivity contribution in [1.82, 2.24) is 15.5 Å². The largest absolute Gasteiger partial charge is 0.394 e. The Hall–Kier alpha value is -1.85. The lowest BCUT2D eigenvalue weighted by molar-refractivity contribution is 0.0910. The van der Waals surface area contributed by atoms with E-state index in [2.05, 4.69) is 15.5 Å². The number of aliphatic hydroxyl groups is 1. The quantitative estimate of drug-likeness (QED) is 0.808. The number of benzene rings is 1. The molecule has 3 rings (SSSR count). The molecule has 5 nitrogen and oxygen atoms in total. The molecule has 0 saturated heterocycles. The number of halogens is 1. The number of carbonyl (C=O) groups excluding carboxylic acids is 1. The lowest BCUT2D eigenvalue weighted by Gasteiger charge is -2.16. The Morgan fingerprint density at radius 2 is 2.14 bits per heavy atom. The standard InChI is InChI=1S/C15H16ClN3O2/c16-10-6-4-9(5-7-10)13(8-20)17-15(21)14-11-2-1-3-12(11)18-19-14/h4-7,13,20H,1-3,8H2,(H,17,21)(H,18,19). The van der Waals surface area contributed by atoms with Crippen LogP contribution in [-0.2, 0) is 12.8 Å². The van der Waals surface area contributed by atoms with Gasteiger partial charge in [0.1, 0.15) is 0 Å². The van der Waals surface area contributed by atoms with Crippen molar-refractivity contribution >= 4 is 17.5 Å². The summed E-state index contributed by atoms with van der Waals surface area (Å²) in [5.41, 5.74) is 3.30. The molecule has 2 aromatic rings. The molecule has 0 radical (unpaired) electrons. The van der Waals surface area contributed by atoms with Crippen molar-refractivity contribution in [3.05, 3.63) is 51.8 Å². The molecule has 0 bridgehead atoms. The van der Waals surface area contributed by atoms with Crippen LogP contribution < -0.4 is 5.32 Å². The molecule has 3 N–H and O–H groups in total. The fraction of sp³-hybridized carbons (Fsp3) is 0.333. The van der Waals surface area contributed by atoms with Crippen molar-refractivity contribution in [2.45, 2.75) is 25.3 Å². The van der Waals surface area contributed by atoms with Gasteiger partial charge in [-0.15, -0.1) is 0 Å². The summed E-state index contributed by atoms with van der Waals surface area (Å²) in [5, 5.41) is 20.0. The van der Waals surface area contributed by atoms with Crippen molar-refractivity contribution in [2.24, 2.45) is 0 Å². The smallest absolute Gasteiger partial charge is 0.272 e. The van der Waals surface area contributed by atoms with Crippen LogP contribution in [-0.4, -0.2) is 27.8 Å². The van der Waals surface area contributed by atoms with Crippen LogP contribution >= 0.6 is 11.6 Å². The molecule has 1 aliphatic rings. The van der Waals surface area contributed by atoms with Gasteiger partial charge >= 0.3 is 0 Å². The molecule has 6 heteroatoms. The molecule has 0 fully saturated rings. The third-order valence-electron chi connectivity index (χ3n) is 3.78. The SMILES string of the molecule is O=C(NC(CO)c1ccc(Cl)cc1)c1n[nH]c2c1CCC2. The van der Waals surface area contributed by atoms with Crippen LogP contribution in [0.1, 0.15) is 39.8 Å². The summed E-state index contributed by atoms with van der Waals surface area (Å²) >= 11 is 5.85. The van der Waals surface area contributed by atoms with Crippen molar-refractivity contribution in [3.8, 4) is 0 Å². The molecular weight excluding hydrogens is 290 g/mol. The monoisotopic (exact) mass is 305 g/mol. The van der Waals surface area contributed by atoms with Gasteiger partial charge in [0.05, 0.1) is 12.6 Å². The topological polar surface area (TPSA) is 78.0 Å². The average Bonchev–Trinajstić information content (AvgIpc) is 3.08. The van der Waals surface area contributed by atoms with E-state index >= 15 is 0 Å². The maximum atomic E-state index is 12.3. The third-order valence-corrected chi connectivity index (χ3v) is 4.03. The second-order valence-corrected chi connectivity index (χ2v) is 5.58. The van der Waals surface area contributed by atoms with Gasteiger partial charge in [0.2, 0.25) is 0 Å². The lowest BCUT2D eigenvalue weighted by atomic mass is 10.1. The molecule has 0 saturated carbocycles. The highest BCUT2D eigenvalue weighted by Gasteiger charge is 2.24. The number of aromatic nitrogens is 2. The number of carbonyl (C=O) groups is 1. The lowest BCUT2D eigenvalue weighted by Crippen LogP contribution is -2.31. The van der Waals surface area contributed by atoms with Crippen molar-refractivity contribution in [1.29, 1.82) is 0 Å². The van der Waals surface area contributed by atoms with E-state index in [9.17, 15) is 9.90 Å². The van der Waals surface area contributed by atoms with E-state index < -0.39 is 6.04 Å². The third kappa shape index (κ3) is 2.80. The maximum absolute atomic E-state index is 12.3. The van der Waals surface area contributed by atoms with Gasteiger partial charge < -0.3 is 10.4 Å². The zero-order chi connectivity index (χ0) is 14.8. The summed E-state index contributed by atoms with van der Waals surface area (Å²) in [7, 11) is 0. The molecule has 1 aromatic heterocycles. The van der Waals surface area contributed by atoms with Crippen LogP contribution in [0.15, 0.2) is 24.3 Å². The molecule has 0 aliphatic heterocycles. The number of fused-ring (bicyclic) bond motifs is 1. The highest BCUT2D eigenvalue weighted by molar-refractivity contribution is 6.30. The first-order valence-electron chi connectivity index (χ1n) is 6.92. The van der Waals surface area contributed by atoms with E-state index in [1.165, 1.54) is 0 Å². The summed E-state index contributed by atoms with van der Waals surface area (Å²) in [5.74, 6) is -0.261. The zero-order valence-corrected chi connectivity index (χ0v) is 12.2. The summed E-state index contributed by atoms with van der Waals surface area (Å²) in [4.78, 5) is 12.3. The highest BCUT2D eigenvalue weighted by atomic mass is 35.5. The Morgan fingerprint density at radius 1 is 1.38 bits per heavy atom. The number of hydrogen-bond acceptors (Lipinski definition) is 3. The van der Waals surface area contributed by atoms with Gasteiger partial charge in [0, 0.05) is 16.3 Å². The van der Waals surface area contributed by atoms with Crippen LogP contribution in [0, 0.1) is 0 Å². The Balaban J connectivity index is 1.77. The first kappa shape index (κ1) is 14.1. The van der Waals surface area contributed by atoms with E-state index in [1.54, 1.807) is 24.3 Å². The number of hydrogen-bond donors (Lipinski definition) is 3. The molecule has 1 unspecified atom stereocenters. The fourth-order valence-corrected chi connectivity index (χ4v) is 2.79. The van der Waals surface area contributed by atoms with Crippen LogP contribution in [0.4, 0.5) is 0 Å². The average molecular weight is 306 g/mol. The van der Waals surface area contributed by atoms with Gasteiger partial charge in [-0.2, -0.15) is 5.10 Å². The second-order valence-electron chi connectivity index (χ2n) is 5.14. The van der Waals surface area contributed by atoms with E-state index in [-0.39, 0.29) is 12.5 Å². The summed E-state index contributed by atoms with van der Waals surface area (Å²) in [6.07, 6.45) is 2.86. The van der Waals surface area contributed by atoms with Gasteiger partial charge in [-0.25, -0.2) is 0 Å². The minimum absolute atomic E-state index is 0.181. The number of nitrogens with zero attached hydrogens (tertiary/aromatic N) is 1. The number of aryl methyl sites for hydroxylation is 1. The van der Waals surface area contributed by atoms with Crippen LogP contribution in [0.5, 0.6) is 0 Å². The number of aliphatic hydroxyl groups excluding tert-OH is 1. The minimum Gasteiger partial charge on any atom is -0.394 e. The Labute approximate surface area is 127 Å². The summed E-state index contributed by atoms with van der Waals surface area (Å²) in [6, 6.07) is 6.58. The van der Waals surface area contributed by atoms with Crippen LogP contribution in [0.2, 0.25) is 5.02 Å². The minimum atomic E-state index is -0.469. The molecule has 0 spiro atoms.